The van der Waals surface area contributed by atoms with Crippen molar-refractivity contribution in [3.05, 3.63) is 69.7 Å². The molecule has 4 rings (SSSR count). The van der Waals surface area contributed by atoms with E-state index in [0.717, 1.165) is 33.0 Å². The van der Waals surface area contributed by atoms with Crippen molar-refractivity contribution < 1.29 is 4.39 Å². The first-order chi connectivity index (χ1) is 11.7. The van der Waals surface area contributed by atoms with Crippen LogP contribution < -0.4 is 11.0 Å². The molecule has 2 aromatic carbocycles. The Kier molecular flexibility index (Phi) is 3.62. The van der Waals surface area contributed by atoms with E-state index in [4.69, 9.17) is 0 Å². The molecule has 24 heavy (non-hydrogen) atoms. The SMILES string of the molecule is O=c1[nH]c2ccc(-c3csc(NCc4ccc(F)cc4)n3)cc2[nH]1. The second-order valence-corrected chi connectivity index (χ2v) is 6.22. The van der Waals surface area contributed by atoms with E-state index in [0.29, 0.717) is 6.54 Å². The fraction of sp³-hybridized carbons (Fsp3) is 0.0588. The lowest BCUT2D eigenvalue weighted by Crippen LogP contribution is -1.99. The maximum atomic E-state index is 12.9. The molecule has 5 nitrogen and oxygen atoms in total. The highest BCUT2D eigenvalue weighted by Crippen LogP contribution is 2.26. The highest BCUT2D eigenvalue weighted by molar-refractivity contribution is 7.14. The summed E-state index contributed by atoms with van der Waals surface area (Å²) in [6, 6.07) is 12.0. The molecule has 0 saturated carbocycles. The van der Waals surface area contributed by atoms with Crippen LogP contribution in [0.2, 0.25) is 0 Å². The maximum Gasteiger partial charge on any atom is 0.323 e. The number of hydrogen-bond donors (Lipinski definition) is 3. The third-order valence-electron chi connectivity index (χ3n) is 3.67. The van der Waals surface area contributed by atoms with Crippen LogP contribution >= 0.6 is 11.3 Å². The topological polar surface area (TPSA) is 73.6 Å². The number of anilines is 1. The summed E-state index contributed by atoms with van der Waals surface area (Å²) in [6.45, 7) is 0.581. The molecule has 0 radical (unpaired) electrons. The zero-order chi connectivity index (χ0) is 16.5. The molecule has 0 aliphatic heterocycles. The van der Waals surface area contributed by atoms with Gasteiger partial charge in [0.15, 0.2) is 5.13 Å². The quantitative estimate of drug-likeness (QED) is 0.530. The van der Waals surface area contributed by atoms with Crippen LogP contribution in [0.25, 0.3) is 22.3 Å². The van der Waals surface area contributed by atoms with E-state index in [1.165, 1.54) is 23.5 Å². The van der Waals surface area contributed by atoms with Gasteiger partial charge in [-0.05, 0) is 29.8 Å². The summed E-state index contributed by atoms with van der Waals surface area (Å²) in [7, 11) is 0. The summed E-state index contributed by atoms with van der Waals surface area (Å²) in [5, 5.41) is 5.98. The van der Waals surface area contributed by atoms with Gasteiger partial charge in [0.2, 0.25) is 0 Å². The van der Waals surface area contributed by atoms with Crippen LogP contribution in [0.1, 0.15) is 5.56 Å². The van der Waals surface area contributed by atoms with Gasteiger partial charge in [-0.3, -0.25) is 0 Å². The monoisotopic (exact) mass is 340 g/mol. The maximum absolute atomic E-state index is 12.9. The van der Waals surface area contributed by atoms with Crippen LogP contribution in [0.5, 0.6) is 0 Å². The number of hydrogen-bond acceptors (Lipinski definition) is 4. The summed E-state index contributed by atoms with van der Waals surface area (Å²) >= 11 is 1.50. The Morgan fingerprint density at radius 2 is 1.88 bits per heavy atom. The van der Waals surface area contributed by atoms with Crippen molar-refractivity contribution in [2.24, 2.45) is 0 Å². The minimum atomic E-state index is -0.242. The van der Waals surface area contributed by atoms with E-state index in [-0.39, 0.29) is 11.5 Å². The first-order valence-electron chi connectivity index (χ1n) is 7.34. The number of imidazole rings is 1. The number of aromatic nitrogens is 3. The molecule has 0 bridgehead atoms. The van der Waals surface area contributed by atoms with Crippen molar-refractivity contribution >= 4 is 27.5 Å². The Balaban J connectivity index is 1.52. The Labute approximate surface area is 140 Å². The molecule has 120 valence electrons. The van der Waals surface area contributed by atoms with Gasteiger partial charge in [-0.1, -0.05) is 18.2 Å². The van der Waals surface area contributed by atoms with Gasteiger partial charge in [0.25, 0.3) is 0 Å². The van der Waals surface area contributed by atoms with Gasteiger partial charge in [0, 0.05) is 17.5 Å². The van der Waals surface area contributed by atoms with E-state index in [1.807, 2.05) is 23.6 Å². The van der Waals surface area contributed by atoms with Crippen molar-refractivity contribution in [1.82, 2.24) is 15.0 Å². The lowest BCUT2D eigenvalue weighted by atomic mass is 10.1. The molecule has 2 aromatic heterocycles. The number of fused-ring (bicyclic) bond motifs is 1. The summed E-state index contributed by atoms with van der Waals surface area (Å²) in [6.07, 6.45) is 0. The third-order valence-corrected chi connectivity index (χ3v) is 4.47. The molecule has 0 spiro atoms. The average molecular weight is 340 g/mol. The molecule has 0 aliphatic carbocycles. The number of rotatable bonds is 4. The number of nitrogens with zero attached hydrogens (tertiary/aromatic N) is 1. The standard InChI is InChI=1S/C17H13FN4OS/c18-12-4-1-10(2-5-12)8-19-17-22-15(9-24-17)11-3-6-13-14(7-11)21-16(23)20-13/h1-7,9H,8H2,(H,19,22)(H2,20,21,23). The predicted octanol–water partition coefficient (Wildman–Crippen LogP) is 3.73. The minimum Gasteiger partial charge on any atom is -0.357 e. The van der Waals surface area contributed by atoms with Gasteiger partial charge in [-0.25, -0.2) is 14.2 Å². The zero-order valence-electron chi connectivity index (χ0n) is 12.5. The highest BCUT2D eigenvalue weighted by atomic mass is 32.1. The molecule has 7 heteroatoms. The molecule has 0 aliphatic rings. The number of halogens is 1. The number of thiazole rings is 1. The first-order valence-corrected chi connectivity index (χ1v) is 8.21. The number of aromatic amines is 2. The number of H-pyrrole nitrogens is 2. The molecule has 3 N–H and O–H groups in total. The largest absolute Gasteiger partial charge is 0.357 e. The molecule has 4 aromatic rings. The molecular formula is C17H13FN4OS. The smallest absolute Gasteiger partial charge is 0.323 e. The molecule has 0 atom stereocenters. The fourth-order valence-corrected chi connectivity index (χ4v) is 3.18. The third kappa shape index (κ3) is 2.93. The van der Waals surface area contributed by atoms with Gasteiger partial charge in [-0.2, -0.15) is 0 Å². The van der Waals surface area contributed by atoms with Crippen molar-refractivity contribution in [2.75, 3.05) is 5.32 Å². The van der Waals surface area contributed by atoms with Crippen molar-refractivity contribution in [3.8, 4) is 11.3 Å². The lowest BCUT2D eigenvalue weighted by Gasteiger charge is -2.02. The second kappa shape index (κ2) is 5.93. The van der Waals surface area contributed by atoms with Crippen molar-refractivity contribution in [1.29, 1.82) is 0 Å². The van der Waals surface area contributed by atoms with E-state index < -0.39 is 0 Å². The normalized spacial score (nSPS) is 11.0. The average Bonchev–Trinajstić information content (AvgIpc) is 3.19. The summed E-state index contributed by atoms with van der Waals surface area (Å²) in [5.74, 6) is -0.242. The summed E-state index contributed by atoms with van der Waals surface area (Å²) in [4.78, 5) is 21.3. The van der Waals surface area contributed by atoms with Crippen LogP contribution in [0.15, 0.2) is 52.6 Å². The molecular weight excluding hydrogens is 327 g/mol. The van der Waals surface area contributed by atoms with Crippen LogP contribution in [0.3, 0.4) is 0 Å². The summed E-state index contributed by atoms with van der Waals surface area (Å²) < 4.78 is 12.9. The van der Waals surface area contributed by atoms with Gasteiger partial charge in [0.05, 0.1) is 16.7 Å². The summed E-state index contributed by atoms with van der Waals surface area (Å²) in [5.41, 5.74) is 4.07. The molecule has 0 fully saturated rings. The molecule has 0 amide bonds. The van der Waals surface area contributed by atoms with Crippen LogP contribution in [0, 0.1) is 5.82 Å². The Bertz CT molecular complexity index is 1050. The zero-order valence-corrected chi connectivity index (χ0v) is 13.3. The van der Waals surface area contributed by atoms with Gasteiger partial charge < -0.3 is 15.3 Å². The van der Waals surface area contributed by atoms with Crippen LogP contribution in [-0.2, 0) is 6.54 Å². The van der Waals surface area contributed by atoms with Crippen molar-refractivity contribution in [3.63, 3.8) is 0 Å². The Morgan fingerprint density at radius 3 is 2.71 bits per heavy atom. The molecule has 0 unspecified atom stereocenters. The van der Waals surface area contributed by atoms with Gasteiger partial charge in [-0.15, -0.1) is 11.3 Å². The number of benzene rings is 2. The molecule has 0 saturated heterocycles. The van der Waals surface area contributed by atoms with Gasteiger partial charge >= 0.3 is 5.69 Å². The van der Waals surface area contributed by atoms with E-state index >= 15 is 0 Å². The molecule has 2 heterocycles. The second-order valence-electron chi connectivity index (χ2n) is 5.36. The number of nitrogens with one attached hydrogen (secondary N) is 3. The van der Waals surface area contributed by atoms with Crippen molar-refractivity contribution in [2.45, 2.75) is 6.54 Å². The van der Waals surface area contributed by atoms with Gasteiger partial charge in [0.1, 0.15) is 5.82 Å². The first kappa shape index (κ1) is 14.6. The van der Waals surface area contributed by atoms with E-state index in [2.05, 4.69) is 20.3 Å². The Hall–Kier alpha value is -2.93. The Morgan fingerprint density at radius 1 is 1.08 bits per heavy atom. The fourth-order valence-electron chi connectivity index (χ4n) is 2.46. The highest BCUT2D eigenvalue weighted by Gasteiger charge is 2.07. The van der Waals surface area contributed by atoms with Crippen LogP contribution in [-0.4, -0.2) is 15.0 Å². The van der Waals surface area contributed by atoms with E-state index in [1.54, 1.807) is 12.1 Å². The lowest BCUT2D eigenvalue weighted by molar-refractivity contribution is 0.627. The minimum absolute atomic E-state index is 0.220. The van der Waals surface area contributed by atoms with Crippen LogP contribution in [0.4, 0.5) is 9.52 Å². The predicted molar refractivity (Wildman–Crippen MR) is 93.8 cm³/mol. The van der Waals surface area contributed by atoms with E-state index in [9.17, 15) is 9.18 Å².